The van der Waals surface area contributed by atoms with Crippen LogP contribution in [0, 0.1) is 5.41 Å². The summed E-state index contributed by atoms with van der Waals surface area (Å²) in [6.45, 7) is 4.43. The average Bonchev–Trinajstić information content (AvgIpc) is 2.77. The normalized spacial score (nSPS) is 18.3. The molecule has 32 heavy (non-hydrogen) atoms. The van der Waals surface area contributed by atoms with E-state index in [0.717, 1.165) is 10.8 Å². The highest BCUT2D eigenvalue weighted by Gasteiger charge is 2.33. The van der Waals surface area contributed by atoms with E-state index in [-0.39, 0.29) is 28.3 Å². The number of hydrogen-bond donors (Lipinski definition) is 3. The van der Waals surface area contributed by atoms with Gasteiger partial charge in [0.15, 0.2) is 5.83 Å². The van der Waals surface area contributed by atoms with Crippen LogP contribution in [0.5, 0.6) is 5.75 Å². The van der Waals surface area contributed by atoms with Gasteiger partial charge in [-0.3, -0.25) is 10.2 Å². The van der Waals surface area contributed by atoms with Crippen molar-refractivity contribution in [1.29, 1.82) is 5.41 Å². The van der Waals surface area contributed by atoms with E-state index in [9.17, 15) is 4.79 Å². The van der Waals surface area contributed by atoms with Gasteiger partial charge in [-0.05, 0) is 40.6 Å². The number of nitrogens with zero attached hydrogens (tertiary/aromatic N) is 1. The minimum absolute atomic E-state index is 0.0560. The molecule has 2 aromatic carbocycles. The zero-order valence-corrected chi connectivity index (χ0v) is 18.9. The summed E-state index contributed by atoms with van der Waals surface area (Å²) in [6.07, 6.45) is 2.78. The fourth-order valence-corrected chi connectivity index (χ4v) is 4.46. The summed E-state index contributed by atoms with van der Waals surface area (Å²) in [5, 5.41) is 13.5. The van der Waals surface area contributed by atoms with Crippen LogP contribution in [-0.4, -0.2) is 42.8 Å². The Morgan fingerprint density at radius 3 is 2.78 bits per heavy atom. The van der Waals surface area contributed by atoms with Crippen molar-refractivity contribution in [3.63, 3.8) is 0 Å². The monoisotopic (exact) mass is 469 g/mol. The van der Waals surface area contributed by atoms with Gasteiger partial charge in [-0.1, -0.05) is 42.4 Å². The molecule has 2 aliphatic rings. The Hall–Kier alpha value is -3.03. The zero-order chi connectivity index (χ0) is 23.0. The van der Waals surface area contributed by atoms with Crippen molar-refractivity contribution >= 4 is 52.2 Å². The average molecular weight is 470 g/mol. The van der Waals surface area contributed by atoms with E-state index in [1.807, 2.05) is 35.2 Å². The lowest BCUT2D eigenvalue weighted by molar-refractivity contribution is -0.118. The van der Waals surface area contributed by atoms with Crippen molar-refractivity contribution in [1.82, 2.24) is 10.2 Å². The van der Waals surface area contributed by atoms with E-state index in [1.165, 1.54) is 6.08 Å². The molecule has 0 radical (unpaired) electrons. The van der Waals surface area contributed by atoms with Crippen molar-refractivity contribution in [2.24, 2.45) is 0 Å². The number of allylic oxidation sites excluding steroid dienone is 5. The van der Waals surface area contributed by atoms with Gasteiger partial charge >= 0.3 is 0 Å². The van der Waals surface area contributed by atoms with Crippen molar-refractivity contribution in [3.05, 3.63) is 82.2 Å². The Balaban J connectivity index is 1.70. The number of carbonyl (C=O) groups excluding carboxylic acids is 1. The molecule has 0 spiro atoms. The largest absolute Gasteiger partial charge is 0.497 e. The highest BCUT2D eigenvalue weighted by molar-refractivity contribution is 7.84. The first-order chi connectivity index (χ1) is 15.3. The number of nitrogens with one attached hydrogen (secondary N) is 2. The van der Waals surface area contributed by atoms with Crippen molar-refractivity contribution in [2.45, 2.75) is 6.04 Å². The second-order valence-corrected chi connectivity index (χ2v) is 8.34. The first-order valence-electron chi connectivity index (χ1n) is 9.89. The van der Waals surface area contributed by atoms with Gasteiger partial charge < -0.3 is 15.0 Å². The fourth-order valence-electron chi connectivity index (χ4n) is 3.82. The van der Waals surface area contributed by atoms with Crippen LogP contribution in [0.4, 0.5) is 4.39 Å². The minimum Gasteiger partial charge on any atom is -0.497 e. The SMILES string of the molecule is C=CC(=O)NC1CN(/C(S)=C2\C=C(Cl)C(c3cc(OC)cc4ccccc34)=C(F)C2=N)C1. The highest BCUT2D eigenvalue weighted by Crippen LogP contribution is 2.42. The smallest absolute Gasteiger partial charge is 0.243 e. The lowest BCUT2D eigenvalue weighted by Crippen LogP contribution is -2.58. The lowest BCUT2D eigenvalue weighted by Gasteiger charge is -2.42. The summed E-state index contributed by atoms with van der Waals surface area (Å²) in [5.74, 6) is -0.408. The number of hydrogen-bond acceptors (Lipinski definition) is 5. The van der Waals surface area contributed by atoms with E-state index < -0.39 is 5.83 Å². The lowest BCUT2D eigenvalue weighted by atomic mass is 9.90. The fraction of sp³-hybridized carbons (Fsp3) is 0.167. The minimum atomic E-state index is -0.727. The third-order valence-corrected chi connectivity index (χ3v) is 6.33. The number of carbonyl (C=O) groups is 1. The van der Waals surface area contributed by atoms with Crippen molar-refractivity contribution in [3.8, 4) is 5.75 Å². The summed E-state index contributed by atoms with van der Waals surface area (Å²) >= 11 is 11.1. The zero-order valence-electron chi connectivity index (χ0n) is 17.3. The molecular formula is C24H21ClFN3O2S. The molecule has 0 aromatic heterocycles. The molecule has 1 heterocycles. The molecule has 0 saturated carbocycles. The number of halogens is 2. The summed E-state index contributed by atoms with van der Waals surface area (Å²) in [5.41, 5.74) is 0.705. The third-order valence-electron chi connectivity index (χ3n) is 5.51. The Morgan fingerprint density at radius 1 is 1.38 bits per heavy atom. The number of benzene rings is 2. The predicted octanol–water partition coefficient (Wildman–Crippen LogP) is 4.81. The summed E-state index contributed by atoms with van der Waals surface area (Å²) in [4.78, 5) is 13.3. The van der Waals surface area contributed by atoms with Crippen molar-refractivity contribution in [2.75, 3.05) is 20.2 Å². The van der Waals surface area contributed by atoms with Crippen molar-refractivity contribution < 1.29 is 13.9 Å². The number of rotatable bonds is 5. The molecule has 1 amide bonds. The molecule has 4 rings (SSSR count). The first-order valence-corrected chi connectivity index (χ1v) is 10.7. The molecule has 5 nitrogen and oxygen atoms in total. The first kappa shape index (κ1) is 22.2. The summed E-state index contributed by atoms with van der Waals surface area (Å²) in [6, 6.07) is 11.1. The number of ether oxygens (including phenoxy) is 1. The molecule has 1 fully saturated rings. The number of amides is 1. The number of thiol groups is 1. The Morgan fingerprint density at radius 2 is 2.09 bits per heavy atom. The maximum atomic E-state index is 15.6. The second kappa shape index (κ2) is 8.84. The maximum Gasteiger partial charge on any atom is 0.243 e. The predicted molar refractivity (Wildman–Crippen MR) is 130 cm³/mol. The van der Waals surface area contributed by atoms with Gasteiger partial charge in [0.05, 0.1) is 23.2 Å². The Labute approximate surface area is 195 Å². The van der Waals surface area contributed by atoms with Gasteiger partial charge in [0.2, 0.25) is 5.91 Å². The van der Waals surface area contributed by atoms with E-state index in [1.54, 1.807) is 19.3 Å². The molecule has 1 aliphatic carbocycles. The standard InChI is InChI=1S/C24H21ClFN3O2S/c1-3-20(30)28-14-11-29(12-14)24(32)18-10-19(25)21(22(26)23(18)27)17-9-15(31-2)8-13-6-4-5-7-16(13)17/h3-10,14,27,32H,1,11-12H2,2H3,(H,28,30)/b24-18-,27-23?. The number of likely N-dealkylation sites (tertiary alicyclic amines) is 1. The quantitative estimate of drug-likeness (QED) is 0.435. The third kappa shape index (κ3) is 3.94. The van der Waals surface area contributed by atoms with Crippen LogP contribution in [0.15, 0.2) is 76.6 Å². The molecule has 2 aromatic rings. The Bertz CT molecular complexity index is 1250. The number of methoxy groups -OCH3 is 1. The van der Waals surface area contributed by atoms with Crippen LogP contribution >= 0.6 is 24.2 Å². The number of fused-ring (bicyclic) bond motifs is 1. The molecule has 1 saturated heterocycles. The van der Waals surface area contributed by atoms with Gasteiger partial charge in [-0.25, -0.2) is 4.39 Å². The topological polar surface area (TPSA) is 65.4 Å². The van der Waals surface area contributed by atoms with Gasteiger partial charge in [0.1, 0.15) is 11.5 Å². The molecule has 0 unspecified atom stereocenters. The molecule has 164 valence electrons. The van der Waals surface area contributed by atoms with Crippen LogP contribution in [0.25, 0.3) is 16.3 Å². The Kier molecular flexibility index (Phi) is 6.13. The molecule has 0 atom stereocenters. The van der Waals surface area contributed by atoms with E-state index in [2.05, 4.69) is 24.5 Å². The van der Waals surface area contributed by atoms with E-state index in [0.29, 0.717) is 35.0 Å². The van der Waals surface area contributed by atoms with Crippen LogP contribution in [0.2, 0.25) is 0 Å². The van der Waals surface area contributed by atoms with Gasteiger partial charge in [0, 0.05) is 24.2 Å². The van der Waals surface area contributed by atoms with Crippen LogP contribution in [0.1, 0.15) is 5.56 Å². The molecule has 2 N–H and O–H groups in total. The van der Waals surface area contributed by atoms with Gasteiger partial charge in [-0.2, -0.15) is 0 Å². The van der Waals surface area contributed by atoms with Gasteiger partial charge in [0.25, 0.3) is 0 Å². The molecule has 1 aliphatic heterocycles. The molecular weight excluding hydrogens is 449 g/mol. The second-order valence-electron chi connectivity index (χ2n) is 7.50. The van der Waals surface area contributed by atoms with Crippen LogP contribution in [-0.2, 0) is 4.79 Å². The van der Waals surface area contributed by atoms with E-state index in [4.69, 9.17) is 21.7 Å². The molecule has 8 heteroatoms. The molecule has 0 bridgehead atoms. The van der Waals surface area contributed by atoms with Crippen LogP contribution < -0.4 is 10.1 Å². The maximum absolute atomic E-state index is 15.6. The summed E-state index contributed by atoms with van der Waals surface area (Å²) < 4.78 is 20.9. The highest BCUT2D eigenvalue weighted by atomic mass is 35.5. The van der Waals surface area contributed by atoms with Crippen LogP contribution in [0.3, 0.4) is 0 Å². The summed E-state index contributed by atoms with van der Waals surface area (Å²) in [7, 11) is 1.55. The van der Waals surface area contributed by atoms with E-state index >= 15 is 4.39 Å². The van der Waals surface area contributed by atoms with Gasteiger partial charge in [-0.15, -0.1) is 12.6 Å².